The molecule has 2 amide bonds. The van der Waals surface area contributed by atoms with Crippen molar-refractivity contribution in [3.63, 3.8) is 0 Å². The van der Waals surface area contributed by atoms with E-state index >= 15 is 0 Å². The van der Waals surface area contributed by atoms with Crippen LogP contribution in [0.1, 0.15) is 25.5 Å². The molecule has 2 heterocycles. The van der Waals surface area contributed by atoms with Gasteiger partial charge in [-0.05, 0) is 43.7 Å². The third-order valence-corrected chi connectivity index (χ3v) is 3.99. The summed E-state index contributed by atoms with van der Waals surface area (Å²) in [5.41, 5.74) is 2.69. The van der Waals surface area contributed by atoms with Crippen LogP contribution in [0.3, 0.4) is 0 Å². The molecule has 0 radical (unpaired) electrons. The fourth-order valence-electron chi connectivity index (χ4n) is 2.66. The van der Waals surface area contributed by atoms with Crippen molar-refractivity contribution in [2.75, 3.05) is 5.32 Å². The summed E-state index contributed by atoms with van der Waals surface area (Å²) in [5, 5.41) is 5.80. The van der Waals surface area contributed by atoms with Gasteiger partial charge in [0, 0.05) is 42.6 Å². The summed E-state index contributed by atoms with van der Waals surface area (Å²) in [6.07, 6.45) is 7.15. The molecule has 0 fully saturated rings. The van der Waals surface area contributed by atoms with Gasteiger partial charge < -0.3 is 15.2 Å². The Morgan fingerprint density at radius 3 is 2.76 bits per heavy atom. The summed E-state index contributed by atoms with van der Waals surface area (Å²) in [6.45, 7) is 4.85. The van der Waals surface area contributed by atoms with Crippen LogP contribution < -0.4 is 10.6 Å². The largest absolute Gasteiger partial charge is 0.331 e. The molecule has 0 spiro atoms. The van der Waals surface area contributed by atoms with Crippen LogP contribution in [0.5, 0.6) is 0 Å². The summed E-state index contributed by atoms with van der Waals surface area (Å²) in [6, 6.07) is 11.1. The number of pyridine rings is 1. The minimum atomic E-state index is -0.250. The van der Waals surface area contributed by atoms with Crippen molar-refractivity contribution in [3.05, 3.63) is 66.7 Å². The van der Waals surface area contributed by atoms with E-state index in [1.165, 1.54) is 0 Å². The molecule has 1 aromatic carbocycles. The number of carbonyl (C=O) groups excluding carboxylic acids is 1. The third-order valence-electron chi connectivity index (χ3n) is 3.99. The number of nitrogens with one attached hydrogen (secondary N) is 2. The van der Waals surface area contributed by atoms with Gasteiger partial charge in [-0.1, -0.05) is 12.1 Å². The highest BCUT2D eigenvalue weighted by Gasteiger charge is 2.10. The van der Waals surface area contributed by atoms with Crippen molar-refractivity contribution in [3.8, 4) is 11.4 Å². The van der Waals surface area contributed by atoms with E-state index in [0.717, 1.165) is 29.2 Å². The van der Waals surface area contributed by atoms with Gasteiger partial charge in [-0.2, -0.15) is 0 Å². The van der Waals surface area contributed by atoms with Crippen LogP contribution in [-0.4, -0.2) is 20.6 Å². The highest BCUT2D eigenvalue weighted by molar-refractivity contribution is 5.90. The zero-order valence-corrected chi connectivity index (χ0v) is 14.3. The first-order valence-electron chi connectivity index (χ1n) is 8.26. The number of amides is 2. The number of anilines is 1. The van der Waals surface area contributed by atoms with Crippen LogP contribution in [0, 0.1) is 0 Å². The average molecular weight is 335 g/mol. The Bertz CT molecular complexity index is 844. The van der Waals surface area contributed by atoms with E-state index in [-0.39, 0.29) is 12.1 Å². The Balaban J connectivity index is 1.69. The summed E-state index contributed by atoms with van der Waals surface area (Å²) in [5.74, 6) is 0.886. The number of aromatic nitrogens is 3. The maximum Gasteiger partial charge on any atom is 0.319 e. The number of urea groups is 1. The molecule has 0 aliphatic carbocycles. The van der Waals surface area contributed by atoms with Gasteiger partial charge >= 0.3 is 6.03 Å². The number of benzene rings is 1. The maximum atomic E-state index is 12.3. The summed E-state index contributed by atoms with van der Waals surface area (Å²) in [7, 11) is 0. The molecule has 2 aromatic heterocycles. The summed E-state index contributed by atoms with van der Waals surface area (Å²) < 4.78 is 2.06. The predicted molar refractivity (Wildman–Crippen MR) is 98.1 cm³/mol. The first-order valence-corrected chi connectivity index (χ1v) is 8.26. The van der Waals surface area contributed by atoms with Crippen LogP contribution in [0.2, 0.25) is 0 Å². The number of hydrogen-bond donors (Lipinski definition) is 2. The highest BCUT2D eigenvalue weighted by Crippen LogP contribution is 2.21. The fourth-order valence-corrected chi connectivity index (χ4v) is 2.66. The normalized spacial score (nSPS) is 11.8. The molecule has 0 bridgehead atoms. The Labute approximate surface area is 146 Å². The molecule has 128 valence electrons. The second kappa shape index (κ2) is 7.61. The summed E-state index contributed by atoms with van der Waals surface area (Å²) in [4.78, 5) is 20.6. The molecule has 6 nitrogen and oxygen atoms in total. The van der Waals surface area contributed by atoms with Crippen molar-refractivity contribution >= 4 is 11.7 Å². The zero-order chi connectivity index (χ0) is 17.6. The molecule has 6 heteroatoms. The van der Waals surface area contributed by atoms with Crippen molar-refractivity contribution < 1.29 is 4.79 Å². The van der Waals surface area contributed by atoms with E-state index in [9.17, 15) is 4.79 Å². The lowest BCUT2D eigenvalue weighted by molar-refractivity contribution is 0.249. The number of rotatable bonds is 5. The second-order valence-electron chi connectivity index (χ2n) is 5.72. The molecule has 1 atom stereocenters. The van der Waals surface area contributed by atoms with Crippen molar-refractivity contribution in [2.45, 2.75) is 26.4 Å². The van der Waals surface area contributed by atoms with Gasteiger partial charge in [0.1, 0.15) is 5.82 Å². The van der Waals surface area contributed by atoms with Gasteiger partial charge in [0.15, 0.2) is 0 Å². The van der Waals surface area contributed by atoms with E-state index in [2.05, 4.69) is 32.1 Å². The lowest BCUT2D eigenvalue weighted by Gasteiger charge is -2.15. The topological polar surface area (TPSA) is 71.8 Å². The lowest BCUT2D eigenvalue weighted by atomic mass is 10.1. The van der Waals surface area contributed by atoms with E-state index in [1.54, 1.807) is 18.6 Å². The highest BCUT2D eigenvalue weighted by atomic mass is 16.2. The molecular weight excluding hydrogens is 314 g/mol. The average Bonchev–Trinajstić information content (AvgIpc) is 3.11. The molecule has 3 rings (SSSR count). The molecule has 25 heavy (non-hydrogen) atoms. The van der Waals surface area contributed by atoms with Gasteiger partial charge in [0.2, 0.25) is 0 Å². The quantitative estimate of drug-likeness (QED) is 0.744. The Morgan fingerprint density at radius 2 is 2.00 bits per heavy atom. The fraction of sp³-hybridized carbons (Fsp3) is 0.211. The molecule has 1 unspecified atom stereocenters. The smallest absolute Gasteiger partial charge is 0.319 e. The molecule has 3 aromatic rings. The number of imidazole rings is 1. The first-order chi connectivity index (χ1) is 12.2. The van der Waals surface area contributed by atoms with E-state index in [1.807, 2.05) is 49.5 Å². The second-order valence-corrected chi connectivity index (χ2v) is 5.72. The minimum Gasteiger partial charge on any atom is -0.331 e. The Kier molecular flexibility index (Phi) is 5.09. The molecule has 0 aliphatic rings. The summed E-state index contributed by atoms with van der Waals surface area (Å²) >= 11 is 0. The lowest BCUT2D eigenvalue weighted by Crippen LogP contribution is -2.31. The Hall–Kier alpha value is -3.15. The molecule has 0 aliphatic heterocycles. The minimum absolute atomic E-state index is 0.106. The third kappa shape index (κ3) is 4.03. The number of carbonyl (C=O) groups is 1. The van der Waals surface area contributed by atoms with E-state index in [4.69, 9.17) is 0 Å². The van der Waals surface area contributed by atoms with Gasteiger partial charge in [-0.15, -0.1) is 0 Å². The molecule has 2 N–H and O–H groups in total. The van der Waals surface area contributed by atoms with Gasteiger partial charge in [-0.3, -0.25) is 4.98 Å². The number of hydrogen-bond acceptors (Lipinski definition) is 3. The van der Waals surface area contributed by atoms with Crippen molar-refractivity contribution in [1.29, 1.82) is 0 Å². The number of aryl methyl sites for hydroxylation is 1. The van der Waals surface area contributed by atoms with Crippen molar-refractivity contribution in [2.24, 2.45) is 0 Å². The van der Waals surface area contributed by atoms with E-state index in [0.29, 0.717) is 0 Å². The van der Waals surface area contributed by atoms with Gasteiger partial charge in [0.25, 0.3) is 0 Å². The van der Waals surface area contributed by atoms with Crippen LogP contribution in [0.4, 0.5) is 10.5 Å². The van der Waals surface area contributed by atoms with Crippen molar-refractivity contribution in [1.82, 2.24) is 19.9 Å². The van der Waals surface area contributed by atoms with Crippen LogP contribution in [0.25, 0.3) is 11.4 Å². The van der Waals surface area contributed by atoms with Crippen LogP contribution in [-0.2, 0) is 6.54 Å². The molecule has 0 saturated heterocycles. The van der Waals surface area contributed by atoms with Gasteiger partial charge in [0.05, 0.1) is 6.04 Å². The Morgan fingerprint density at radius 1 is 1.20 bits per heavy atom. The predicted octanol–water partition coefficient (Wildman–Crippen LogP) is 3.85. The van der Waals surface area contributed by atoms with Gasteiger partial charge in [-0.25, -0.2) is 9.78 Å². The number of nitrogens with zero attached hydrogens (tertiary/aromatic N) is 3. The molecule has 0 saturated carbocycles. The van der Waals surface area contributed by atoms with E-state index < -0.39 is 0 Å². The monoisotopic (exact) mass is 335 g/mol. The first kappa shape index (κ1) is 16.7. The standard InChI is InChI=1S/C19H21N5O/c1-3-24-12-11-21-18(24)16-5-4-6-17(13-16)23-19(25)22-14(2)15-7-9-20-10-8-15/h4-14H,3H2,1-2H3,(H2,22,23,25). The zero-order valence-electron chi connectivity index (χ0n) is 14.3. The SMILES string of the molecule is CCn1ccnc1-c1cccc(NC(=O)NC(C)c2ccncc2)c1. The maximum absolute atomic E-state index is 12.3. The van der Waals surface area contributed by atoms with Crippen LogP contribution >= 0.6 is 0 Å². The van der Waals surface area contributed by atoms with Crippen LogP contribution in [0.15, 0.2) is 61.2 Å². The molecular formula is C19H21N5O.